The van der Waals surface area contributed by atoms with Crippen LogP contribution in [0.5, 0.6) is 11.5 Å². The molecule has 0 saturated heterocycles. The molecule has 25 heavy (non-hydrogen) atoms. The smallest absolute Gasteiger partial charge is 0.426 e. The average molecular weight is 387 g/mol. The molecular formula is C11H3F10NO3. The van der Waals surface area contributed by atoms with Crippen molar-refractivity contribution in [2.24, 2.45) is 4.99 Å². The maximum atomic E-state index is 12.8. The molecule has 0 aromatic heterocycles. The van der Waals surface area contributed by atoms with Crippen molar-refractivity contribution in [2.45, 2.75) is 24.6 Å². The van der Waals surface area contributed by atoms with E-state index in [0.717, 1.165) is 0 Å². The number of halogens is 10. The number of alkyl halides is 10. The standard InChI is InChI=1S/C11H3F10NO3/c12-8(13,14)10(18,19)24-5-1-2-7(6(3-5)22-4-23)25-11(20,21)9(15,16)17/h1-3H. The van der Waals surface area contributed by atoms with E-state index in [4.69, 9.17) is 0 Å². The SMILES string of the molecule is O=C=Nc1cc(OC(F)(F)C(F)(F)F)ccc1OC(F)(F)C(F)(F)F. The summed E-state index contributed by atoms with van der Waals surface area (Å²) in [5.41, 5.74) is -1.26. The minimum absolute atomic E-state index is 0.0480. The first-order valence-corrected chi connectivity index (χ1v) is 5.60. The highest BCUT2D eigenvalue weighted by Gasteiger charge is 2.62. The summed E-state index contributed by atoms with van der Waals surface area (Å²) < 4.78 is 130. The lowest BCUT2D eigenvalue weighted by Gasteiger charge is -2.22. The third-order valence-corrected chi connectivity index (χ3v) is 2.24. The molecule has 0 unspecified atom stereocenters. The van der Waals surface area contributed by atoms with E-state index in [9.17, 15) is 48.7 Å². The maximum absolute atomic E-state index is 12.8. The molecule has 0 heterocycles. The van der Waals surface area contributed by atoms with Crippen LogP contribution in [0.25, 0.3) is 0 Å². The molecule has 1 rings (SSSR count). The van der Waals surface area contributed by atoms with Crippen molar-refractivity contribution in [3.05, 3.63) is 18.2 Å². The number of benzene rings is 1. The third-order valence-electron chi connectivity index (χ3n) is 2.24. The van der Waals surface area contributed by atoms with Crippen LogP contribution in [0.2, 0.25) is 0 Å². The zero-order chi connectivity index (χ0) is 19.7. The first-order chi connectivity index (χ1) is 11.1. The van der Waals surface area contributed by atoms with Crippen LogP contribution in [0.4, 0.5) is 49.6 Å². The molecule has 14 heteroatoms. The van der Waals surface area contributed by atoms with Gasteiger partial charge in [0.2, 0.25) is 6.08 Å². The highest BCUT2D eigenvalue weighted by molar-refractivity contribution is 5.60. The van der Waals surface area contributed by atoms with Crippen LogP contribution in [0.3, 0.4) is 0 Å². The Kier molecular flexibility index (Phi) is 5.28. The van der Waals surface area contributed by atoms with Crippen molar-refractivity contribution in [2.75, 3.05) is 0 Å². The number of carbonyl (C=O) groups excluding carboxylic acids is 1. The van der Waals surface area contributed by atoms with Crippen molar-refractivity contribution in [1.82, 2.24) is 0 Å². The summed E-state index contributed by atoms with van der Waals surface area (Å²) in [5.74, 6) is -2.80. The zero-order valence-electron chi connectivity index (χ0n) is 11.2. The summed E-state index contributed by atoms with van der Waals surface area (Å²) in [6.45, 7) is 0. The molecule has 140 valence electrons. The summed E-state index contributed by atoms with van der Waals surface area (Å²) in [6.07, 6.45) is -23.1. The minimum atomic E-state index is -6.19. The summed E-state index contributed by atoms with van der Waals surface area (Å²) in [7, 11) is 0. The Morgan fingerprint density at radius 1 is 0.800 bits per heavy atom. The number of ether oxygens (including phenoxy) is 2. The highest BCUT2D eigenvalue weighted by atomic mass is 19.4. The molecule has 0 N–H and O–H groups in total. The quantitative estimate of drug-likeness (QED) is 0.417. The van der Waals surface area contributed by atoms with Crippen molar-refractivity contribution < 1.29 is 58.2 Å². The van der Waals surface area contributed by atoms with Crippen LogP contribution >= 0.6 is 0 Å². The third kappa shape index (κ3) is 4.75. The van der Waals surface area contributed by atoms with Gasteiger partial charge < -0.3 is 9.47 Å². The Balaban J connectivity index is 3.23. The molecule has 0 aliphatic heterocycles. The lowest BCUT2D eigenvalue weighted by Crippen LogP contribution is -2.42. The lowest BCUT2D eigenvalue weighted by molar-refractivity contribution is -0.361. The van der Waals surface area contributed by atoms with Gasteiger partial charge in [0.25, 0.3) is 0 Å². The Labute approximate surface area is 130 Å². The molecule has 0 atom stereocenters. The van der Waals surface area contributed by atoms with Crippen molar-refractivity contribution in [3.8, 4) is 11.5 Å². The largest absolute Gasteiger partial charge is 0.499 e. The lowest BCUT2D eigenvalue weighted by atomic mass is 10.2. The van der Waals surface area contributed by atoms with Gasteiger partial charge in [-0.25, -0.2) is 4.79 Å². The fraction of sp³-hybridized carbons (Fsp3) is 0.364. The molecule has 4 nitrogen and oxygen atoms in total. The van der Waals surface area contributed by atoms with Crippen LogP contribution in [-0.4, -0.2) is 30.6 Å². The molecular weight excluding hydrogens is 384 g/mol. The predicted molar refractivity (Wildman–Crippen MR) is 57.5 cm³/mol. The van der Waals surface area contributed by atoms with E-state index in [1.165, 1.54) is 0 Å². The first-order valence-electron chi connectivity index (χ1n) is 5.60. The van der Waals surface area contributed by atoms with E-state index in [1.54, 1.807) is 0 Å². The second kappa shape index (κ2) is 6.43. The summed E-state index contributed by atoms with van der Waals surface area (Å²) in [6, 6.07) is 0.342. The Morgan fingerprint density at radius 3 is 1.72 bits per heavy atom. The second-order valence-electron chi connectivity index (χ2n) is 4.07. The molecule has 0 spiro atoms. The fourth-order valence-corrected chi connectivity index (χ4v) is 1.19. The normalized spacial score (nSPS) is 13.2. The molecule has 0 amide bonds. The van der Waals surface area contributed by atoms with Crippen molar-refractivity contribution >= 4 is 11.8 Å². The molecule has 0 aliphatic carbocycles. The molecule has 0 saturated carbocycles. The van der Waals surface area contributed by atoms with Crippen LogP contribution in [0.1, 0.15) is 0 Å². The van der Waals surface area contributed by atoms with Gasteiger partial charge in [-0.05, 0) is 12.1 Å². The number of hydrogen-bond acceptors (Lipinski definition) is 4. The average Bonchev–Trinajstić information content (AvgIpc) is 2.39. The molecule has 1 aromatic carbocycles. The van der Waals surface area contributed by atoms with Gasteiger partial charge in [-0.2, -0.15) is 48.9 Å². The van der Waals surface area contributed by atoms with Crippen LogP contribution < -0.4 is 9.47 Å². The highest BCUT2D eigenvalue weighted by Crippen LogP contribution is 2.43. The maximum Gasteiger partial charge on any atom is 0.499 e. The summed E-state index contributed by atoms with van der Waals surface area (Å²) >= 11 is 0. The van der Waals surface area contributed by atoms with Crippen molar-refractivity contribution in [1.29, 1.82) is 0 Å². The summed E-state index contributed by atoms with van der Waals surface area (Å²) in [5, 5.41) is 0. The molecule has 0 bridgehead atoms. The molecule has 0 aliphatic rings. The van der Waals surface area contributed by atoms with Gasteiger partial charge >= 0.3 is 24.6 Å². The van der Waals surface area contributed by atoms with Gasteiger partial charge in [0.05, 0.1) is 0 Å². The van der Waals surface area contributed by atoms with Gasteiger partial charge in [0.1, 0.15) is 11.4 Å². The number of nitrogens with zero attached hydrogens (tertiary/aromatic N) is 1. The monoisotopic (exact) mass is 387 g/mol. The number of aliphatic imine (C=N–C) groups is 1. The van der Waals surface area contributed by atoms with E-state index < -0.39 is 41.8 Å². The van der Waals surface area contributed by atoms with E-state index >= 15 is 0 Å². The zero-order valence-corrected chi connectivity index (χ0v) is 11.2. The van der Waals surface area contributed by atoms with E-state index in [0.29, 0.717) is 6.08 Å². The van der Waals surface area contributed by atoms with Crippen LogP contribution in [0, 0.1) is 0 Å². The number of hydrogen-bond donors (Lipinski definition) is 0. The molecule has 0 fully saturated rings. The van der Waals surface area contributed by atoms with Gasteiger partial charge in [-0.15, -0.1) is 0 Å². The van der Waals surface area contributed by atoms with Crippen molar-refractivity contribution in [3.63, 3.8) is 0 Å². The Bertz CT molecular complexity index is 676. The first kappa shape index (κ1) is 20.5. The second-order valence-corrected chi connectivity index (χ2v) is 4.07. The topological polar surface area (TPSA) is 47.9 Å². The predicted octanol–water partition coefficient (Wildman–Crippen LogP) is 4.72. The molecule has 0 radical (unpaired) electrons. The molecule has 1 aromatic rings. The Morgan fingerprint density at radius 2 is 1.28 bits per heavy atom. The number of rotatable bonds is 5. The van der Waals surface area contributed by atoms with Gasteiger partial charge in [-0.1, -0.05) is 0 Å². The van der Waals surface area contributed by atoms with Gasteiger partial charge in [-0.3, -0.25) is 0 Å². The fourth-order valence-electron chi connectivity index (χ4n) is 1.19. The van der Waals surface area contributed by atoms with E-state index in [1.807, 2.05) is 0 Å². The van der Waals surface area contributed by atoms with Gasteiger partial charge in [0.15, 0.2) is 5.75 Å². The summed E-state index contributed by atoms with van der Waals surface area (Å²) in [4.78, 5) is 12.7. The van der Waals surface area contributed by atoms with Crippen LogP contribution in [-0.2, 0) is 4.79 Å². The van der Waals surface area contributed by atoms with E-state index in [-0.39, 0.29) is 18.2 Å². The Hall–Kier alpha value is -2.50. The van der Waals surface area contributed by atoms with Gasteiger partial charge in [0, 0.05) is 6.07 Å². The minimum Gasteiger partial charge on any atom is -0.426 e. The number of isocyanates is 1. The van der Waals surface area contributed by atoms with E-state index in [2.05, 4.69) is 14.5 Å². The van der Waals surface area contributed by atoms with Crippen LogP contribution in [0.15, 0.2) is 23.2 Å².